The molecule has 3 nitrogen and oxygen atoms in total. The van der Waals surface area contributed by atoms with Crippen molar-refractivity contribution in [2.75, 3.05) is 0 Å². The zero-order valence-corrected chi connectivity index (χ0v) is 18.2. The van der Waals surface area contributed by atoms with Crippen molar-refractivity contribution in [1.82, 2.24) is 9.97 Å². The predicted molar refractivity (Wildman–Crippen MR) is 122 cm³/mol. The van der Waals surface area contributed by atoms with Gasteiger partial charge in [0.05, 0.1) is 0 Å². The van der Waals surface area contributed by atoms with Crippen molar-refractivity contribution < 1.29 is 0 Å². The molecule has 6 heteroatoms. The second-order valence-electron chi connectivity index (χ2n) is 7.67. The smallest absolute Gasteiger partial charge is 0.255 e. The minimum Gasteiger partial charge on any atom is -0.335 e. The summed E-state index contributed by atoms with van der Waals surface area (Å²) in [5.41, 5.74) is 3.74. The first-order valence-corrected chi connectivity index (χ1v) is 11.0. The van der Waals surface area contributed by atoms with E-state index in [1.165, 1.54) is 5.56 Å². The highest BCUT2D eigenvalue weighted by Gasteiger charge is 2.26. The number of H-pyrrole nitrogens is 2. The monoisotopic (exact) mass is 444 g/mol. The molecule has 1 saturated carbocycles. The van der Waals surface area contributed by atoms with Crippen molar-refractivity contribution in [2.45, 2.75) is 43.9 Å². The summed E-state index contributed by atoms with van der Waals surface area (Å²) in [6.45, 7) is 0. The van der Waals surface area contributed by atoms with Gasteiger partial charge in [-0.3, -0.25) is 9.78 Å². The lowest BCUT2D eigenvalue weighted by molar-refractivity contribution is 0.389. The summed E-state index contributed by atoms with van der Waals surface area (Å²) in [5, 5.41) is 1.21. The van der Waals surface area contributed by atoms with E-state index < -0.39 is 0 Å². The lowest BCUT2D eigenvalue weighted by Gasteiger charge is -2.30. The summed E-state index contributed by atoms with van der Waals surface area (Å²) in [4.78, 5) is 18.8. The molecule has 0 bridgehead atoms. The second kappa shape index (κ2) is 8.86. The molecular weight excluding hydrogens is 423 g/mol. The third-order valence-electron chi connectivity index (χ3n) is 5.86. The van der Waals surface area contributed by atoms with Gasteiger partial charge in [0.1, 0.15) is 0 Å². The van der Waals surface area contributed by atoms with Gasteiger partial charge in [0, 0.05) is 27.7 Å². The molecule has 0 spiro atoms. The Labute approximate surface area is 185 Å². The Morgan fingerprint density at radius 1 is 0.931 bits per heavy atom. The lowest BCUT2D eigenvalue weighted by Crippen LogP contribution is -2.22. The first kappa shape index (κ1) is 20.4. The van der Waals surface area contributed by atoms with E-state index in [4.69, 9.17) is 35.4 Å². The molecule has 1 aromatic heterocycles. The van der Waals surface area contributed by atoms with Gasteiger partial charge in [-0.05, 0) is 79.1 Å². The van der Waals surface area contributed by atoms with Crippen LogP contribution in [0.4, 0.5) is 0 Å². The highest BCUT2D eigenvalue weighted by atomic mass is 35.5. The molecule has 150 valence electrons. The number of benzene rings is 2. The Morgan fingerprint density at radius 2 is 1.62 bits per heavy atom. The van der Waals surface area contributed by atoms with Crippen molar-refractivity contribution in [2.24, 2.45) is 0 Å². The first-order valence-electron chi connectivity index (χ1n) is 9.85. The van der Waals surface area contributed by atoms with Crippen LogP contribution in [-0.2, 0) is 6.42 Å². The molecular formula is C23H22Cl2N2OS. The molecule has 0 unspecified atom stereocenters. The molecule has 1 aliphatic rings. The topological polar surface area (TPSA) is 48.6 Å². The van der Waals surface area contributed by atoms with Crippen LogP contribution in [0.1, 0.15) is 59.9 Å². The molecule has 29 heavy (non-hydrogen) atoms. The molecule has 2 N–H and O–H groups in total. The quantitative estimate of drug-likeness (QED) is 0.436. The zero-order chi connectivity index (χ0) is 20.4. The molecule has 1 fully saturated rings. The van der Waals surface area contributed by atoms with Gasteiger partial charge >= 0.3 is 0 Å². The van der Waals surface area contributed by atoms with Crippen LogP contribution in [0, 0.1) is 4.77 Å². The maximum absolute atomic E-state index is 12.8. The van der Waals surface area contributed by atoms with Crippen LogP contribution >= 0.6 is 35.4 Å². The Bertz CT molecular complexity index is 1120. The van der Waals surface area contributed by atoms with Crippen LogP contribution in [0.5, 0.6) is 0 Å². The van der Waals surface area contributed by atoms with Gasteiger partial charge < -0.3 is 4.98 Å². The normalized spacial score (nSPS) is 19.2. The maximum atomic E-state index is 12.8. The van der Waals surface area contributed by atoms with Crippen LogP contribution in [0.3, 0.4) is 0 Å². The fourth-order valence-corrected chi connectivity index (χ4v) is 4.95. The second-order valence-corrected chi connectivity index (χ2v) is 8.92. The SMILES string of the molecule is O=c1[nH]c(=S)[nH]c(C2CCC(c3ccccc3)CC2)c1Cc1cc(Cl)ccc1Cl. The number of aromatic amines is 2. The highest BCUT2D eigenvalue weighted by molar-refractivity contribution is 7.71. The molecule has 0 atom stereocenters. The fraction of sp³-hybridized carbons (Fsp3) is 0.304. The van der Waals surface area contributed by atoms with Crippen LogP contribution in [0.15, 0.2) is 53.3 Å². The van der Waals surface area contributed by atoms with E-state index in [0.717, 1.165) is 36.9 Å². The van der Waals surface area contributed by atoms with Gasteiger partial charge in [0.15, 0.2) is 4.77 Å². The van der Waals surface area contributed by atoms with Gasteiger partial charge in [-0.15, -0.1) is 0 Å². The standard InChI is InChI=1S/C23H22Cl2N2OS/c24-18-10-11-20(25)17(12-18)13-19-21(26-23(29)27-22(19)28)16-8-6-15(7-9-16)14-4-2-1-3-5-14/h1-5,10-12,15-16H,6-9,13H2,(H2,26,27,28,29). The molecule has 0 aliphatic heterocycles. The number of hydrogen-bond donors (Lipinski definition) is 2. The Kier molecular flexibility index (Phi) is 6.23. The van der Waals surface area contributed by atoms with Crippen molar-refractivity contribution in [3.8, 4) is 0 Å². The van der Waals surface area contributed by atoms with Gasteiger partial charge in [0.25, 0.3) is 5.56 Å². The number of nitrogens with one attached hydrogen (secondary N) is 2. The molecule has 2 aromatic carbocycles. The number of halogens is 2. The summed E-state index contributed by atoms with van der Waals surface area (Å²) < 4.78 is 0.371. The molecule has 0 amide bonds. The number of hydrogen-bond acceptors (Lipinski definition) is 2. The molecule has 1 heterocycles. The molecule has 0 radical (unpaired) electrons. The van der Waals surface area contributed by atoms with Crippen molar-refractivity contribution in [3.05, 3.63) is 96.1 Å². The van der Waals surface area contributed by atoms with E-state index in [1.54, 1.807) is 12.1 Å². The van der Waals surface area contributed by atoms with Gasteiger partial charge in [-0.25, -0.2) is 0 Å². The molecule has 1 aliphatic carbocycles. The van der Waals surface area contributed by atoms with E-state index in [0.29, 0.717) is 32.7 Å². The zero-order valence-electron chi connectivity index (χ0n) is 15.9. The average Bonchev–Trinajstić information content (AvgIpc) is 2.73. The van der Waals surface area contributed by atoms with Gasteiger partial charge in [0.2, 0.25) is 0 Å². The summed E-state index contributed by atoms with van der Waals surface area (Å²) in [7, 11) is 0. The minimum atomic E-state index is -0.148. The molecule has 3 aromatic rings. The van der Waals surface area contributed by atoms with Crippen LogP contribution in [-0.4, -0.2) is 9.97 Å². The van der Waals surface area contributed by atoms with E-state index in [9.17, 15) is 4.79 Å². The van der Waals surface area contributed by atoms with Crippen molar-refractivity contribution >= 4 is 35.4 Å². The van der Waals surface area contributed by atoms with Gasteiger partial charge in [-0.1, -0.05) is 53.5 Å². The van der Waals surface area contributed by atoms with E-state index in [1.807, 2.05) is 6.07 Å². The third-order valence-corrected chi connectivity index (χ3v) is 6.66. The number of rotatable bonds is 4. The average molecular weight is 445 g/mol. The van der Waals surface area contributed by atoms with E-state index in [-0.39, 0.29) is 11.5 Å². The fourth-order valence-electron chi connectivity index (χ4n) is 4.36. The van der Waals surface area contributed by atoms with Crippen LogP contribution in [0.2, 0.25) is 10.0 Å². The maximum Gasteiger partial charge on any atom is 0.255 e. The Hall–Kier alpha value is -1.88. The predicted octanol–water partition coefficient (Wildman–Crippen LogP) is 6.77. The largest absolute Gasteiger partial charge is 0.335 e. The number of aromatic nitrogens is 2. The van der Waals surface area contributed by atoms with Crippen molar-refractivity contribution in [3.63, 3.8) is 0 Å². The van der Waals surface area contributed by atoms with Gasteiger partial charge in [-0.2, -0.15) is 0 Å². The van der Waals surface area contributed by atoms with E-state index >= 15 is 0 Å². The summed E-state index contributed by atoms with van der Waals surface area (Å²) in [6.07, 6.45) is 4.66. The minimum absolute atomic E-state index is 0.148. The molecule has 0 saturated heterocycles. The summed E-state index contributed by atoms with van der Waals surface area (Å²) >= 11 is 17.8. The van der Waals surface area contributed by atoms with Crippen LogP contribution in [0.25, 0.3) is 0 Å². The van der Waals surface area contributed by atoms with Crippen molar-refractivity contribution in [1.29, 1.82) is 0 Å². The summed E-state index contributed by atoms with van der Waals surface area (Å²) in [5.74, 6) is 0.857. The lowest BCUT2D eigenvalue weighted by atomic mass is 9.76. The highest BCUT2D eigenvalue weighted by Crippen LogP contribution is 2.40. The first-order chi connectivity index (χ1) is 14.0. The third kappa shape index (κ3) is 4.66. The molecule has 4 rings (SSSR count). The summed E-state index contributed by atoms with van der Waals surface area (Å²) in [6, 6.07) is 16.0. The Balaban J connectivity index is 1.62. The van der Waals surface area contributed by atoms with Crippen LogP contribution < -0.4 is 5.56 Å². The van der Waals surface area contributed by atoms with E-state index in [2.05, 4.69) is 40.3 Å². The Morgan fingerprint density at radius 3 is 2.34 bits per heavy atom.